The third-order valence-electron chi connectivity index (χ3n) is 1.91. The largest absolute Gasteiger partial charge is 0.439 e. The number of aldehydes is 1. The van der Waals surface area contributed by atoms with Crippen LogP contribution in [0.5, 0.6) is 0 Å². The van der Waals surface area contributed by atoms with Gasteiger partial charge < -0.3 is 9.21 Å². The zero-order chi connectivity index (χ0) is 10.8. The number of rotatable bonds is 2. The van der Waals surface area contributed by atoms with E-state index in [1.165, 1.54) is 0 Å². The van der Waals surface area contributed by atoms with Crippen molar-refractivity contribution in [1.29, 1.82) is 5.26 Å². The molecule has 0 aliphatic rings. The minimum atomic E-state index is -0.962. The van der Waals surface area contributed by atoms with E-state index in [4.69, 9.17) is 21.3 Å². The van der Waals surface area contributed by atoms with Crippen LogP contribution in [0.4, 0.5) is 0 Å². The van der Waals surface area contributed by atoms with Crippen LogP contribution in [0.25, 0.3) is 11.1 Å². The standard InChI is InChI=1S/C10H5ClN2O2/c11-7-1-2-8-9(3-7)15-10(13-8)6(4-12)5-14/h1-3,5-6H. The first-order valence-electron chi connectivity index (χ1n) is 4.15. The Balaban J connectivity index is 2.56. The third-order valence-corrected chi connectivity index (χ3v) is 2.14. The molecule has 0 aliphatic heterocycles. The number of fused-ring (bicyclic) bond motifs is 1. The molecular weight excluding hydrogens is 216 g/mol. The number of hydrogen-bond acceptors (Lipinski definition) is 4. The molecule has 0 saturated carbocycles. The van der Waals surface area contributed by atoms with Crippen LogP contribution in [-0.4, -0.2) is 11.3 Å². The maximum Gasteiger partial charge on any atom is 0.220 e. The summed E-state index contributed by atoms with van der Waals surface area (Å²) in [4.78, 5) is 14.5. The number of aromatic nitrogens is 1. The summed E-state index contributed by atoms with van der Waals surface area (Å²) in [6, 6.07) is 6.71. The number of oxazole rings is 1. The molecule has 0 bridgehead atoms. The van der Waals surface area contributed by atoms with Crippen molar-refractivity contribution in [3.8, 4) is 6.07 Å². The molecule has 74 valence electrons. The van der Waals surface area contributed by atoms with Gasteiger partial charge in [0.2, 0.25) is 5.89 Å². The van der Waals surface area contributed by atoms with E-state index >= 15 is 0 Å². The van der Waals surface area contributed by atoms with Gasteiger partial charge in [0.15, 0.2) is 11.5 Å². The van der Waals surface area contributed by atoms with Gasteiger partial charge in [-0.15, -0.1) is 0 Å². The third kappa shape index (κ3) is 1.69. The first kappa shape index (κ1) is 9.69. The van der Waals surface area contributed by atoms with E-state index in [2.05, 4.69) is 4.98 Å². The van der Waals surface area contributed by atoms with Crippen molar-refractivity contribution in [2.75, 3.05) is 0 Å². The Kier molecular flexibility index (Phi) is 2.40. The lowest BCUT2D eigenvalue weighted by Crippen LogP contribution is -1.95. The molecule has 0 aliphatic carbocycles. The lowest BCUT2D eigenvalue weighted by Gasteiger charge is -1.90. The molecule has 0 amide bonds. The van der Waals surface area contributed by atoms with Crippen LogP contribution < -0.4 is 0 Å². The molecule has 1 aromatic heterocycles. The van der Waals surface area contributed by atoms with Gasteiger partial charge in [-0.3, -0.25) is 0 Å². The van der Waals surface area contributed by atoms with Crippen molar-refractivity contribution in [2.45, 2.75) is 5.92 Å². The highest BCUT2D eigenvalue weighted by molar-refractivity contribution is 6.31. The molecule has 0 radical (unpaired) electrons. The van der Waals surface area contributed by atoms with E-state index in [0.29, 0.717) is 22.4 Å². The van der Waals surface area contributed by atoms with E-state index in [0.717, 1.165) is 0 Å². The van der Waals surface area contributed by atoms with Crippen LogP contribution in [0.15, 0.2) is 22.6 Å². The highest BCUT2D eigenvalue weighted by Gasteiger charge is 2.16. The Labute approximate surface area is 90.1 Å². The second-order valence-electron chi connectivity index (χ2n) is 2.91. The number of benzene rings is 1. The van der Waals surface area contributed by atoms with Crippen LogP contribution in [0.1, 0.15) is 11.8 Å². The van der Waals surface area contributed by atoms with Crippen molar-refractivity contribution in [2.24, 2.45) is 0 Å². The van der Waals surface area contributed by atoms with Gasteiger partial charge >= 0.3 is 0 Å². The van der Waals surface area contributed by atoms with Crippen molar-refractivity contribution < 1.29 is 9.21 Å². The lowest BCUT2D eigenvalue weighted by atomic mass is 10.2. The van der Waals surface area contributed by atoms with Crippen molar-refractivity contribution in [3.63, 3.8) is 0 Å². The maximum absolute atomic E-state index is 10.5. The first-order chi connectivity index (χ1) is 7.24. The summed E-state index contributed by atoms with van der Waals surface area (Å²) < 4.78 is 5.24. The van der Waals surface area contributed by atoms with Gasteiger partial charge in [0.05, 0.1) is 6.07 Å². The Morgan fingerprint density at radius 1 is 1.60 bits per heavy atom. The monoisotopic (exact) mass is 220 g/mol. The average molecular weight is 221 g/mol. The van der Waals surface area contributed by atoms with Gasteiger partial charge in [-0.2, -0.15) is 5.26 Å². The van der Waals surface area contributed by atoms with Gasteiger partial charge in [-0.1, -0.05) is 11.6 Å². The molecule has 1 heterocycles. The molecule has 2 aromatic rings. The fourth-order valence-corrected chi connectivity index (χ4v) is 1.36. The topological polar surface area (TPSA) is 66.9 Å². The summed E-state index contributed by atoms with van der Waals surface area (Å²) in [6.45, 7) is 0. The highest BCUT2D eigenvalue weighted by atomic mass is 35.5. The van der Waals surface area contributed by atoms with Gasteiger partial charge in [-0.05, 0) is 12.1 Å². The van der Waals surface area contributed by atoms with E-state index in [9.17, 15) is 4.79 Å². The predicted molar refractivity (Wildman–Crippen MR) is 53.4 cm³/mol. The van der Waals surface area contributed by atoms with E-state index in [1.807, 2.05) is 0 Å². The normalized spacial score (nSPS) is 12.3. The number of hydrogen-bond donors (Lipinski definition) is 0. The fourth-order valence-electron chi connectivity index (χ4n) is 1.19. The van der Waals surface area contributed by atoms with Gasteiger partial charge in [0.1, 0.15) is 11.8 Å². The van der Waals surface area contributed by atoms with E-state index in [1.54, 1.807) is 24.3 Å². The SMILES string of the molecule is N#CC(C=O)c1nc2ccc(Cl)cc2o1. The first-order valence-corrected chi connectivity index (χ1v) is 4.53. The Morgan fingerprint density at radius 2 is 2.40 bits per heavy atom. The summed E-state index contributed by atoms with van der Waals surface area (Å²) in [5, 5.41) is 9.17. The highest BCUT2D eigenvalue weighted by Crippen LogP contribution is 2.23. The Bertz CT molecular complexity index is 556. The second-order valence-corrected chi connectivity index (χ2v) is 3.34. The summed E-state index contributed by atoms with van der Waals surface area (Å²) in [5.41, 5.74) is 1.05. The summed E-state index contributed by atoms with van der Waals surface area (Å²) >= 11 is 5.75. The molecule has 0 saturated heterocycles. The molecule has 5 heteroatoms. The number of carbonyl (C=O) groups excluding carboxylic acids is 1. The van der Waals surface area contributed by atoms with Crippen LogP contribution in [-0.2, 0) is 4.79 Å². The number of carbonyl (C=O) groups is 1. The van der Waals surface area contributed by atoms with Gasteiger partial charge in [-0.25, -0.2) is 4.98 Å². The lowest BCUT2D eigenvalue weighted by molar-refractivity contribution is -0.108. The second kappa shape index (κ2) is 3.71. The Morgan fingerprint density at radius 3 is 3.07 bits per heavy atom. The van der Waals surface area contributed by atoms with Crippen LogP contribution in [0.3, 0.4) is 0 Å². The molecular formula is C10H5ClN2O2. The molecule has 0 fully saturated rings. The number of nitriles is 1. The van der Waals surface area contributed by atoms with Gasteiger partial charge in [0.25, 0.3) is 0 Å². The molecule has 4 nitrogen and oxygen atoms in total. The quantitative estimate of drug-likeness (QED) is 0.729. The average Bonchev–Trinajstić information content (AvgIpc) is 2.62. The predicted octanol–water partition coefficient (Wildman–Crippen LogP) is 2.29. The smallest absolute Gasteiger partial charge is 0.220 e. The minimum absolute atomic E-state index is 0.102. The van der Waals surface area contributed by atoms with Crippen LogP contribution in [0, 0.1) is 11.3 Å². The van der Waals surface area contributed by atoms with E-state index < -0.39 is 5.92 Å². The summed E-state index contributed by atoms with van der Waals surface area (Å²) in [6.07, 6.45) is 0.492. The molecule has 15 heavy (non-hydrogen) atoms. The van der Waals surface area contributed by atoms with Crippen LogP contribution in [0.2, 0.25) is 5.02 Å². The molecule has 0 N–H and O–H groups in total. The zero-order valence-corrected chi connectivity index (χ0v) is 8.23. The fraction of sp³-hybridized carbons (Fsp3) is 0.100. The number of halogens is 1. The Hall–Kier alpha value is -1.86. The minimum Gasteiger partial charge on any atom is -0.439 e. The maximum atomic E-state index is 10.5. The van der Waals surface area contributed by atoms with Crippen molar-refractivity contribution in [1.82, 2.24) is 4.98 Å². The van der Waals surface area contributed by atoms with Crippen LogP contribution >= 0.6 is 11.6 Å². The summed E-state index contributed by atoms with van der Waals surface area (Å²) in [5.74, 6) is -0.860. The molecule has 1 atom stereocenters. The molecule has 2 rings (SSSR count). The van der Waals surface area contributed by atoms with Gasteiger partial charge in [0, 0.05) is 11.1 Å². The molecule has 1 unspecified atom stereocenters. The number of nitrogens with zero attached hydrogens (tertiary/aromatic N) is 2. The molecule has 1 aromatic carbocycles. The zero-order valence-electron chi connectivity index (χ0n) is 7.48. The molecule has 0 spiro atoms. The summed E-state index contributed by atoms with van der Waals surface area (Å²) in [7, 11) is 0. The van der Waals surface area contributed by atoms with Crippen molar-refractivity contribution >= 4 is 29.0 Å². The van der Waals surface area contributed by atoms with Crippen molar-refractivity contribution in [3.05, 3.63) is 29.1 Å². The van der Waals surface area contributed by atoms with E-state index in [-0.39, 0.29) is 5.89 Å².